The molecular formula is C13H16FNO2S. The number of benzene rings is 1. The molecule has 1 aromatic rings. The molecule has 0 aromatic heterocycles. The molecule has 0 heterocycles. The maximum absolute atomic E-state index is 12.8. The fourth-order valence-electron chi connectivity index (χ4n) is 3.27. The average Bonchev–Trinajstić information content (AvgIpc) is 2.91. The third-order valence-electron chi connectivity index (χ3n) is 4.17. The van der Waals surface area contributed by atoms with Crippen LogP contribution in [-0.4, -0.2) is 14.5 Å². The second kappa shape index (κ2) is 4.31. The van der Waals surface area contributed by atoms with Crippen molar-refractivity contribution in [3.8, 4) is 0 Å². The summed E-state index contributed by atoms with van der Waals surface area (Å²) in [5, 5.41) is 0. The lowest BCUT2D eigenvalue weighted by Gasteiger charge is -2.22. The summed E-state index contributed by atoms with van der Waals surface area (Å²) < 4.78 is 39.8. The monoisotopic (exact) mass is 269 g/mol. The molecule has 2 bridgehead atoms. The van der Waals surface area contributed by atoms with Crippen LogP contribution in [0.25, 0.3) is 0 Å². The minimum absolute atomic E-state index is 0.0683. The predicted molar refractivity (Wildman–Crippen MR) is 66.0 cm³/mol. The van der Waals surface area contributed by atoms with Crippen molar-refractivity contribution in [3.05, 3.63) is 30.1 Å². The van der Waals surface area contributed by atoms with Gasteiger partial charge in [-0.15, -0.1) is 0 Å². The summed E-state index contributed by atoms with van der Waals surface area (Å²) in [5.74, 6) is 0.759. The standard InChI is InChI=1S/C13H16FNO2S/c14-11-3-5-12(6-4-11)18(16,17)15-13-8-9-1-2-10(13)7-9/h3-6,9-10,13,15H,1-2,7-8H2/t9-,10-,13+/m0/s1. The van der Waals surface area contributed by atoms with Crippen molar-refractivity contribution in [1.29, 1.82) is 0 Å². The summed E-state index contributed by atoms with van der Waals surface area (Å²) in [6, 6.07) is 5.04. The van der Waals surface area contributed by atoms with Gasteiger partial charge in [0.15, 0.2) is 0 Å². The summed E-state index contributed by atoms with van der Waals surface area (Å²) >= 11 is 0. The zero-order chi connectivity index (χ0) is 12.8. The highest BCUT2D eigenvalue weighted by molar-refractivity contribution is 7.89. The van der Waals surface area contributed by atoms with Crippen LogP contribution in [-0.2, 0) is 10.0 Å². The first-order chi connectivity index (χ1) is 8.54. The van der Waals surface area contributed by atoms with Crippen LogP contribution in [0.1, 0.15) is 25.7 Å². The molecule has 0 saturated heterocycles. The number of sulfonamides is 1. The molecule has 1 N–H and O–H groups in total. The van der Waals surface area contributed by atoms with Crippen molar-refractivity contribution in [2.75, 3.05) is 0 Å². The Kier molecular flexibility index (Phi) is 2.90. The van der Waals surface area contributed by atoms with E-state index >= 15 is 0 Å². The Morgan fingerprint density at radius 3 is 2.39 bits per heavy atom. The number of halogens is 1. The first-order valence-corrected chi connectivity index (χ1v) is 7.81. The maximum atomic E-state index is 12.8. The van der Waals surface area contributed by atoms with E-state index in [9.17, 15) is 12.8 Å². The van der Waals surface area contributed by atoms with Gasteiger partial charge >= 0.3 is 0 Å². The number of hydrogen-bond donors (Lipinski definition) is 1. The molecule has 18 heavy (non-hydrogen) atoms. The molecule has 2 saturated carbocycles. The van der Waals surface area contributed by atoms with E-state index in [-0.39, 0.29) is 10.9 Å². The zero-order valence-corrected chi connectivity index (χ0v) is 10.8. The minimum Gasteiger partial charge on any atom is -0.208 e. The third-order valence-corrected chi connectivity index (χ3v) is 5.67. The normalized spacial score (nSPS) is 30.8. The van der Waals surface area contributed by atoms with E-state index in [1.54, 1.807) is 0 Å². The Labute approximate surface area is 106 Å². The van der Waals surface area contributed by atoms with E-state index in [2.05, 4.69) is 4.72 Å². The van der Waals surface area contributed by atoms with Gasteiger partial charge in [-0.3, -0.25) is 0 Å². The first kappa shape index (κ1) is 12.1. The molecule has 0 aliphatic heterocycles. The van der Waals surface area contributed by atoms with Crippen LogP contribution in [0.4, 0.5) is 4.39 Å². The second-order valence-corrected chi connectivity index (χ2v) is 7.07. The van der Waals surface area contributed by atoms with Crippen LogP contribution in [0.5, 0.6) is 0 Å². The van der Waals surface area contributed by atoms with E-state index in [1.165, 1.54) is 30.7 Å². The Morgan fingerprint density at radius 2 is 1.83 bits per heavy atom. The van der Waals surface area contributed by atoms with Crippen molar-refractivity contribution in [3.63, 3.8) is 0 Å². The molecule has 3 atom stereocenters. The highest BCUT2D eigenvalue weighted by Gasteiger charge is 2.41. The lowest BCUT2D eigenvalue weighted by Crippen LogP contribution is -2.38. The summed E-state index contributed by atoms with van der Waals surface area (Å²) in [4.78, 5) is 0.145. The molecule has 0 spiro atoms. The van der Waals surface area contributed by atoms with Gasteiger partial charge in [-0.25, -0.2) is 17.5 Å². The molecule has 3 nitrogen and oxygen atoms in total. The minimum atomic E-state index is -3.50. The quantitative estimate of drug-likeness (QED) is 0.915. The van der Waals surface area contributed by atoms with Crippen LogP contribution in [0.2, 0.25) is 0 Å². The summed E-state index contributed by atoms with van der Waals surface area (Å²) in [7, 11) is -3.50. The Morgan fingerprint density at radius 1 is 1.11 bits per heavy atom. The van der Waals surface area contributed by atoms with E-state index in [4.69, 9.17) is 0 Å². The maximum Gasteiger partial charge on any atom is 0.240 e. The number of rotatable bonds is 3. The topological polar surface area (TPSA) is 46.2 Å². The molecule has 5 heteroatoms. The van der Waals surface area contributed by atoms with Crippen LogP contribution >= 0.6 is 0 Å². The third kappa shape index (κ3) is 2.17. The van der Waals surface area contributed by atoms with Crippen molar-refractivity contribution >= 4 is 10.0 Å². The number of hydrogen-bond acceptors (Lipinski definition) is 2. The van der Waals surface area contributed by atoms with E-state index in [0.717, 1.165) is 19.3 Å². The van der Waals surface area contributed by atoms with Crippen molar-refractivity contribution in [1.82, 2.24) is 4.72 Å². The molecular weight excluding hydrogens is 253 g/mol. The number of fused-ring (bicyclic) bond motifs is 2. The van der Waals surface area contributed by atoms with Gasteiger partial charge in [0.1, 0.15) is 5.82 Å². The Hall–Kier alpha value is -0.940. The van der Waals surface area contributed by atoms with Crippen molar-refractivity contribution < 1.29 is 12.8 Å². The largest absolute Gasteiger partial charge is 0.240 e. The SMILES string of the molecule is O=S(=O)(N[C@@H]1C[C@H]2CC[C@H]1C2)c1ccc(F)cc1. The Bertz CT molecular complexity index is 541. The number of nitrogens with one attached hydrogen (secondary N) is 1. The summed E-state index contributed by atoms with van der Waals surface area (Å²) in [5.41, 5.74) is 0. The molecule has 2 aliphatic carbocycles. The van der Waals surface area contributed by atoms with Crippen molar-refractivity contribution in [2.45, 2.75) is 36.6 Å². The van der Waals surface area contributed by atoms with Gasteiger partial charge in [-0.05, 0) is 55.4 Å². The molecule has 2 fully saturated rings. The molecule has 3 rings (SSSR count). The molecule has 2 aliphatic rings. The molecule has 0 amide bonds. The molecule has 98 valence electrons. The summed E-state index contributed by atoms with van der Waals surface area (Å²) in [6.07, 6.45) is 4.46. The Balaban J connectivity index is 1.77. The van der Waals surface area contributed by atoms with Crippen LogP contribution in [0.3, 0.4) is 0 Å². The molecule has 0 radical (unpaired) electrons. The highest BCUT2D eigenvalue weighted by atomic mass is 32.2. The fourth-order valence-corrected chi connectivity index (χ4v) is 4.59. The summed E-state index contributed by atoms with van der Waals surface area (Å²) in [6.45, 7) is 0. The van der Waals surface area contributed by atoms with Gasteiger partial charge in [0, 0.05) is 6.04 Å². The van der Waals surface area contributed by atoms with Gasteiger partial charge in [0.05, 0.1) is 4.90 Å². The van der Waals surface area contributed by atoms with E-state index < -0.39 is 15.8 Å². The highest BCUT2D eigenvalue weighted by Crippen LogP contribution is 2.44. The van der Waals surface area contributed by atoms with Crippen LogP contribution in [0.15, 0.2) is 29.2 Å². The van der Waals surface area contributed by atoms with E-state index in [0.29, 0.717) is 11.8 Å². The van der Waals surface area contributed by atoms with Gasteiger partial charge in [-0.1, -0.05) is 6.42 Å². The average molecular weight is 269 g/mol. The van der Waals surface area contributed by atoms with Gasteiger partial charge in [0.25, 0.3) is 0 Å². The second-order valence-electron chi connectivity index (χ2n) is 5.36. The molecule has 0 unspecified atom stereocenters. The molecule has 1 aromatic carbocycles. The van der Waals surface area contributed by atoms with Crippen LogP contribution in [0, 0.1) is 17.7 Å². The lowest BCUT2D eigenvalue weighted by atomic mass is 9.96. The van der Waals surface area contributed by atoms with Crippen molar-refractivity contribution in [2.24, 2.45) is 11.8 Å². The van der Waals surface area contributed by atoms with Crippen LogP contribution < -0.4 is 4.72 Å². The van der Waals surface area contributed by atoms with E-state index in [1.807, 2.05) is 0 Å². The fraction of sp³-hybridized carbons (Fsp3) is 0.538. The zero-order valence-electron chi connectivity index (χ0n) is 9.97. The first-order valence-electron chi connectivity index (χ1n) is 6.32. The van der Waals surface area contributed by atoms with Gasteiger partial charge in [-0.2, -0.15) is 0 Å². The smallest absolute Gasteiger partial charge is 0.208 e. The van der Waals surface area contributed by atoms with Gasteiger partial charge < -0.3 is 0 Å². The lowest BCUT2D eigenvalue weighted by molar-refractivity contribution is 0.390. The predicted octanol–water partition coefficient (Wildman–Crippen LogP) is 2.29. The van der Waals surface area contributed by atoms with Gasteiger partial charge in [0.2, 0.25) is 10.0 Å².